The molecular weight excluding hydrogens is 425 g/mol. The van der Waals surface area contributed by atoms with E-state index in [9.17, 15) is 9.59 Å². The van der Waals surface area contributed by atoms with E-state index in [4.69, 9.17) is 27.9 Å². The summed E-state index contributed by atoms with van der Waals surface area (Å²) < 4.78 is 5.52. The average molecular weight is 444 g/mol. The summed E-state index contributed by atoms with van der Waals surface area (Å²) in [5.74, 6) is -0.333. The average Bonchev–Trinajstić information content (AvgIpc) is 2.75. The van der Waals surface area contributed by atoms with Crippen molar-refractivity contribution in [2.75, 3.05) is 6.61 Å². The Bertz CT molecular complexity index is 1100. The molecule has 0 saturated carbocycles. The number of carbonyl (C=O) groups is 2. The Labute approximate surface area is 183 Å². The van der Waals surface area contributed by atoms with Crippen LogP contribution < -0.4 is 15.5 Å². The van der Waals surface area contributed by atoms with Crippen LogP contribution in [-0.4, -0.2) is 30.7 Å². The predicted molar refractivity (Wildman–Crippen MR) is 119 cm³/mol. The number of benzene rings is 3. The molecule has 6 nitrogen and oxygen atoms in total. The van der Waals surface area contributed by atoms with E-state index in [1.165, 1.54) is 6.21 Å². The van der Waals surface area contributed by atoms with Gasteiger partial charge in [0.1, 0.15) is 11.8 Å². The second-order valence-electron chi connectivity index (χ2n) is 6.46. The number of hydrogen-bond donors (Lipinski definition) is 2. The van der Waals surface area contributed by atoms with Crippen molar-refractivity contribution < 1.29 is 14.3 Å². The van der Waals surface area contributed by atoms with Crippen molar-refractivity contribution in [2.45, 2.75) is 13.0 Å². The van der Waals surface area contributed by atoms with Crippen LogP contribution in [0.3, 0.4) is 0 Å². The molecule has 0 bridgehead atoms. The predicted octanol–water partition coefficient (Wildman–Crippen LogP) is 4.18. The number of halogens is 2. The third-order valence-corrected chi connectivity index (χ3v) is 5.06. The fraction of sp³-hybridized carbons (Fsp3) is 0.136. The van der Waals surface area contributed by atoms with Crippen LogP contribution in [0.15, 0.2) is 65.8 Å². The molecule has 30 heavy (non-hydrogen) atoms. The number of nitrogens with one attached hydrogen (secondary N) is 2. The molecule has 0 aromatic heterocycles. The Morgan fingerprint density at radius 2 is 1.83 bits per heavy atom. The third-order valence-electron chi connectivity index (χ3n) is 4.22. The molecule has 3 aromatic rings. The lowest BCUT2D eigenvalue weighted by molar-refractivity contribution is -0.129. The lowest BCUT2D eigenvalue weighted by Crippen LogP contribution is -2.45. The van der Waals surface area contributed by atoms with Crippen LogP contribution in [0.4, 0.5) is 0 Å². The molecule has 0 radical (unpaired) electrons. The number of ether oxygens (including phenoxy) is 1. The van der Waals surface area contributed by atoms with Gasteiger partial charge < -0.3 is 10.1 Å². The van der Waals surface area contributed by atoms with Crippen molar-refractivity contribution in [1.82, 2.24) is 10.7 Å². The molecule has 1 atom stereocenters. The number of nitrogens with zero attached hydrogens (tertiary/aromatic N) is 1. The van der Waals surface area contributed by atoms with Crippen molar-refractivity contribution in [1.29, 1.82) is 0 Å². The van der Waals surface area contributed by atoms with E-state index in [0.717, 1.165) is 10.8 Å². The Kier molecular flexibility index (Phi) is 7.27. The van der Waals surface area contributed by atoms with E-state index < -0.39 is 17.9 Å². The Morgan fingerprint density at radius 1 is 1.07 bits per heavy atom. The van der Waals surface area contributed by atoms with Crippen molar-refractivity contribution in [2.24, 2.45) is 5.10 Å². The first kappa shape index (κ1) is 21.6. The van der Waals surface area contributed by atoms with Gasteiger partial charge in [-0.05, 0) is 35.9 Å². The summed E-state index contributed by atoms with van der Waals surface area (Å²) in [7, 11) is 0. The van der Waals surface area contributed by atoms with Crippen LogP contribution in [0.25, 0.3) is 10.8 Å². The van der Waals surface area contributed by atoms with Gasteiger partial charge in [-0.25, -0.2) is 5.43 Å². The molecule has 8 heteroatoms. The van der Waals surface area contributed by atoms with Gasteiger partial charge in [-0.2, -0.15) is 5.10 Å². The third kappa shape index (κ3) is 5.72. The highest BCUT2D eigenvalue weighted by Crippen LogP contribution is 2.24. The fourth-order valence-corrected chi connectivity index (χ4v) is 2.99. The number of amides is 2. The van der Waals surface area contributed by atoms with Gasteiger partial charge >= 0.3 is 0 Å². The summed E-state index contributed by atoms with van der Waals surface area (Å²) >= 11 is 12.0. The molecule has 0 aliphatic carbocycles. The monoisotopic (exact) mass is 443 g/mol. The Morgan fingerprint density at radius 3 is 2.63 bits per heavy atom. The smallest absolute Gasteiger partial charge is 0.262 e. The Hall–Kier alpha value is -3.09. The zero-order valence-corrected chi connectivity index (χ0v) is 17.6. The molecule has 0 unspecified atom stereocenters. The summed E-state index contributed by atoms with van der Waals surface area (Å²) in [6.07, 6.45) is 1.38. The van der Waals surface area contributed by atoms with Gasteiger partial charge in [0, 0.05) is 5.56 Å². The molecule has 3 rings (SSSR count). The van der Waals surface area contributed by atoms with Gasteiger partial charge in [0.15, 0.2) is 6.61 Å². The minimum Gasteiger partial charge on any atom is -0.484 e. The van der Waals surface area contributed by atoms with Gasteiger partial charge in [-0.1, -0.05) is 65.7 Å². The van der Waals surface area contributed by atoms with Crippen LogP contribution in [0, 0.1) is 0 Å². The summed E-state index contributed by atoms with van der Waals surface area (Å²) in [6.45, 7) is 1.34. The number of hydrazone groups is 1. The number of hydrogen-bond acceptors (Lipinski definition) is 4. The molecular formula is C22H19Cl2N3O3. The molecule has 2 N–H and O–H groups in total. The second-order valence-corrected chi connectivity index (χ2v) is 7.25. The van der Waals surface area contributed by atoms with Crippen molar-refractivity contribution in [3.8, 4) is 5.75 Å². The van der Waals surface area contributed by atoms with Gasteiger partial charge in [-0.3, -0.25) is 9.59 Å². The highest BCUT2D eigenvalue weighted by Gasteiger charge is 2.15. The zero-order valence-electron chi connectivity index (χ0n) is 16.1. The lowest BCUT2D eigenvalue weighted by Gasteiger charge is -2.13. The zero-order chi connectivity index (χ0) is 21.5. The molecule has 154 valence electrons. The highest BCUT2D eigenvalue weighted by atomic mass is 35.5. The molecule has 0 fully saturated rings. The van der Waals surface area contributed by atoms with E-state index in [1.807, 2.05) is 36.4 Å². The number of rotatable bonds is 7. The quantitative estimate of drug-likeness (QED) is 0.424. The maximum absolute atomic E-state index is 12.1. The van der Waals surface area contributed by atoms with Gasteiger partial charge in [0.2, 0.25) is 0 Å². The van der Waals surface area contributed by atoms with E-state index in [1.54, 1.807) is 31.2 Å². The summed E-state index contributed by atoms with van der Waals surface area (Å²) in [6, 6.07) is 17.7. The molecule has 0 heterocycles. The molecule has 3 aromatic carbocycles. The first-order chi connectivity index (χ1) is 14.4. The lowest BCUT2D eigenvalue weighted by atomic mass is 10.1. The van der Waals surface area contributed by atoms with E-state index in [-0.39, 0.29) is 6.61 Å². The molecule has 2 amide bonds. The van der Waals surface area contributed by atoms with Crippen LogP contribution in [0.2, 0.25) is 10.0 Å². The van der Waals surface area contributed by atoms with Crippen LogP contribution in [-0.2, 0) is 9.59 Å². The minimum absolute atomic E-state index is 0.211. The maximum Gasteiger partial charge on any atom is 0.262 e. The normalized spacial score (nSPS) is 12.0. The van der Waals surface area contributed by atoms with Crippen LogP contribution in [0.1, 0.15) is 12.5 Å². The van der Waals surface area contributed by atoms with Crippen molar-refractivity contribution in [3.05, 3.63) is 76.3 Å². The minimum atomic E-state index is -0.801. The van der Waals surface area contributed by atoms with E-state index >= 15 is 0 Å². The van der Waals surface area contributed by atoms with Crippen molar-refractivity contribution in [3.63, 3.8) is 0 Å². The number of fused-ring (bicyclic) bond motifs is 1. The molecule has 0 spiro atoms. The highest BCUT2D eigenvalue weighted by molar-refractivity contribution is 6.43. The molecule has 0 aliphatic heterocycles. The first-order valence-corrected chi connectivity index (χ1v) is 9.87. The summed E-state index contributed by atoms with van der Waals surface area (Å²) in [5, 5.41) is 9.23. The van der Waals surface area contributed by atoms with Gasteiger partial charge in [-0.15, -0.1) is 0 Å². The Balaban J connectivity index is 1.47. The second kappa shape index (κ2) is 10.1. The summed E-state index contributed by atoms with van der Waals surface area (Å²) in [5.41, 5.74) is 2.91. The van der Waals surface area contributed by atoms with Crippen molar-refractivity contribution >= 4 is 52.0 Å². The maximum atomic E-state index is 12.1. The topological polar surface area (TPSA) is 79.8 Å². The SMILES string of the molecule is C[C@H](NC(=O)COc1ccc2ccccc2c1)C(=O)NN=Cc1cccc(Cl)c1Cl. The largest absolute Gasteiger partial charge is 0.484 e. The number of carbonyl (C=O) groups excluding carboxylic acids is 2. The van der Waals surface area contributed by atoms with Gasteiger partial charge in [0.05, 0.1) is 16.3 Å². The summed E-state index contributed by atoms with van der Waals surface area (Å²) in [4.78, 5) is 24.2. The standard InChI is InChI=1S/C22H19Cl2N3O3/c1-14(22(29)27-25-12-17-7-4-8-19(23)21(17)24)26-20(28)13-30-18-10-9-15-5-2-3-6-16(15)11-18/h2-12,14H,13H2,1H3,(H,26,28)(H,27,29)/t14-/m0/s1. The van der Waals surface area contributed by atoms with E-state index in [0.29, 0.717) is 21.4 Å². The van der Waals surface area contributed by atoms with Crippen LogP contribution in [0.5, 0.6) is 5.75 Å². The first-order valence-electron chi connectivity index (χ1n) is 9.12. The molecule has 0 aliphatic rings. The fourth-order valence-electron chi connectivity index (χ4n) is 2.64. The van der Waals surface area contributed by atoms with Gasteiger partial charge in [0.25, 0.3) is 11.8 Å². The van der Waals surface area contributed by atoms with Crippen LogP contribution >= 0.6 is 23.2 Å². The van der Waals surface area contributed by atoms with E-state index in [2.05, 4.69) is 15.8 Å². The molecule has 0 saturated heterocycles.